The fourth-order valence-corrected chi connectivity index (χ4v) is 12.0. The second kappa shape index (κ2) is 19.9. The third kappa shape index (κ3) is 8.37. The SMILES string of the molecule is c1ccc(-c2cccc(N(c3ccc(-c4nc5ccccc5o4)cc3)c3ccc4c(c3)C(c3ccccc3)(c3ccccc3)c3cc(N(c5ccc(-c6nc7ccccc7o6)cc5)c5cccc(-c6ccccc6)c5)ccc3-4)c2)cc1. The zero-order valence-electron chi connectivity index (χ0n) is 44.0. The molecule has 0 saturated carbocycles. The molecule has 1 aliphatic carbocycles. The predicted molar refractivity (Wildman–Crippen MR) is 330 cm³/mol. The number of hydrogen-bond donors (Lipinski definition) is 0. The molecule has 1 aliphatic rings. The predicted octanol–water partition coefficient (Wildman–Crippen LogP) is 19.9. The van der Waals surface area contributed by atoms with Gasteiger partial charge in [-0.25, -0.2) is 9.97 Å². The molecule has 0 bridgehead atoms. The monoisotopic (exact) mass is 1040 g/mol. The van der Waals surface area contributed by atoms with E-state index in [1.54, 1.807) is 0 Å². The van der Waals surface area contributed by atoms with Crippen molar-refractivity contribution in [3.8, 4) is 56.3 Å². The molecule has 0 unspecified atom stereocenters. The molecule has 0 aliphatic heterocycles. The van der Waals surface area contributed by atoms with Crippen LogP contribution < -0.4 is 9.80 Å². The molecular formula is C75H50N4O2. The van der Waals surface area contributed by atoms with Gasteiger partial charge >= 0.3 is 0 Å². The number of rotatable bonds is 12. The van der Waals surface area contributed by atoms with Crippen LogP contribution in [0.3, 0.4) is 0 Å². The first-order chi connectivity index (χ1) is 40.1. The summed E-state index contributed by atoms with van der Waals surface area (Å²) in [5, 5.41) is 0. The van der Waals surface area contributed by atoms with Gasteiger partial charge in [0.25, 0.3) is 0 Å². The van der Waals surface area contributed by atoms with E-state index in [0.717, 1.165) is 89.7 Å². The van der Waals surface area contributed by atoms with Crippen molar-refractivity contribution in [3.05, 3.63) is 326 Å². The molecule has 81 heavy (non-hydrogen) atoms. The molecule has 0 atom stereocenters. The lowest BCUT2D eigenvalue weighted by Crippen LogP contribution is -2.29. The quantitative estimate of drug-likeness (QED) is 0.122. The molecule has 0 saturated heterocycles. The van der Waals surface area contributed by atoms with Gasteiger partial charge in [-0.2, -0.15) is 0 Å². The van der Waals surface area contributed by atoms with Gasteiger partial charge in [0.15, 0.2) is 11.2 Å². The average Bonchev–Trinajstić information content (AvgIpc) is 3.33. The zero-order valence-corrected chi connectivity index (χ0v) is 44.0. The van der Waals surface area contributed by atoms with Crippen LogP contribution in [-0.2, 0) is 5.41 Å². The number of hydrogen-bond acceptors (Lipinski definition) is 6. The van der Waals surface area contributed by atoms with E-state index in [2.05, 4.69) is 265 Å². The maximum Gasteiger partial charge on any atom is 0.227 e. The molecule has 14 aromatic rings. The van der Waals surface area contributed by atoms with Gasteiger partial charge in [-0.15, -0.1) is 0 Å². The van der Waals surface area contributed by atoms with Crippen molar-refractivity contribution in [1.82, 2.24) is 9.97 Å². The summed E-state index contributed by atoms with van der Waals surface area (Å²) in [6.07, 6.45) is 0. The molecule has 0 radical (unpaired) electrons. The number of para-hydroxylation sites is 4. The molecule has 15 rings (SSSR count). The van der Waals surface area contributed by atoms with E-state index in [-0.39, 0.29) is 0 Å². The highest BCUT2D eigenvalue weighted by Crippen LogP contribution is 2.59. The van der Waals surface area contributed by atoms with E-state index in [9.17, 15) is 0 Å². The molecule has 6 nitrogen and oxygen atoms in total. The minimum atomic E-state index is -0.748. The van der Waals surface area contributed by atoms with E-state index in [4.69, 9.17) is 18.8 Å². The summed E-state index contributed by atoms with van der Waals surface area (Å²) in [5.74, 6) is 1.18. The van der Waals surface area contributed by atoms with Crippen LogP contribution in [0.5, 0.6) is 0 Å². The highest BCUT2D eigenvalue weighted by molar-refractivity contribution is 5.93. The topological polar surface area (TPSA) is 58.5 Å². The second-order valence-electron chi connectivity index (χ2n) is 20.5. The molecule has 0 N–H and O–H groups in total. The molecule has 2 heterocycles. The molecule has 2 aromatic heterocycles. The second-order valence-corrected chi connectivity index (χ2v) is 20.5. The minimum absolute atomic E-state index is 0.588. The first-order valence-corrected chi connectivity index (χ1v) is 27.4. The van der Waals surface area contributed by atoms with Gasteiger partial charge in [-0.1, -0.05) is 182 Å². The van der Waals surface area contributed by atoms with Crippen LogP contribution in [0.25, 0.3) is 78.5 Å². The summed E-state index contributed by atoms with van der Waals surface area (Å²) >= 11 is 0. The van der Waals surface area contributed by atoms with Crippen LogP contribution in [0.4, 0.5) is 34.1 Å². The fourth-order valence-electron chi connectivity index (χ4n) is 12.0. The van der Waals surface area contributed by atoms with Crippen LogP contribution in [-0.4, -0.2) is 9.97 Å². The lowest BCUT2D eigenvalue weighted by atomic mass is 9.67. The first-order valence-electron chi connectivity index (χ1n) is 27.4. The van der Waals surface area contributed by atoms with E-state index in [0.29, 0.717) is 11.8 Å². The minimum Gasteiger partial charge on any atom is -0.436 e. The Morgan fingerprint density at radius 2 is 0.605 bits per heavy atom. The van der Waals surface area contributed by atoms with Crippen LogP contribution >= 0.6 is 0 Å². The van der Waals surface area contributed by atoms with Crippen LogP contribution in [0.2, 0.25) is 0 Å². The van der Waals surface area contributed by atoms with E-state index >= 15 is 0 Å². The highest BCUT2D eigenvalue weighted by Gasteiger charge is 2.47. The Hall–Kier alpha value is -10.8. The van der Waals surface area contributed by atoms with Crippen molar-refractivity contribution in [2.75, 3.05) is 9.80 Å². The van der Waals surface area contributed by atoms with Crippen LogP contribution in [0, 0.1) is 0 Å². The Balaban J connectivity index is 0.920. The number of oxazole rings is 2. The number of aromatic nitrogens is 2. The van der Waals surface area contributed by atoms with Gasteiger partial charge in [0.2, 0.25) is 11.8 Å². The van der Waals surface area contributed by atoms with E-state index in [1.165, 1.54) is 33.4 Å². The number of benzene rings is 12. The molecule has 12 aromatic carbocycles. The zero-order chi connectivity index (χ0) is 53.7. The van der Waals surface area contributed by atoms with Gasteiger partial charge in [-0.05, 0) is 177 Å². The Bertz CT molecular complexity index is 4210. The van der Waals surface area contributed by atoms with Crippen molar-refractivity contribution >= 4 is 56.3 Å². The highest BCUT2D eigenvalue weighted by atomic mass is 16.4. The van der Waals surface area contributed by atoms with Gasteiger partial charge in [0.05, 0.1) is 5.41 Å². The third-order valence-corrected chi connectivity index (χ3v) is 15.8. The molecule has 0 fully saturated rings. The Morgan fingerprint density at radius 3 is 1.01 bits per heavy atom. The maximum absolute atomic E-state index is 6.27. The standard InChI is InChI=1S/C75H50N4O2/c1-5-19-51(20-6-1)55-23-17-29-61(47-55)78(59-39-35-53(36-40-59)73-76-69-31-13-15-33-71(69)80-73)63-43-45-65-66-46-44-64(50-68(66)75(67(65)49-63,57-25-9-3-10-26-57)58-27-11-4-12-28-58)79(62-30-18-24-56(48-62)52-21-7-2-8-22-52)60-41-37-54(38-42-60)74-77-70-32-14-16-34-72(70)81-74/h1-50H. The Kier molecular flexibility index (Phi) is 11.6. The lowest BCUT2D eigenvalue weighted by molar-refractivity contribution is 0.619. The molecule has 0 spiro atoms. The largest absolute Gasteiger partial charge is 0.436 e. The van der Waals surface area contributed by atoms with Crippen LogP contribution in [0.1, 0.15) is 22.3 Å². The van der Waals surface area contributed by atoms with Gasteiger partial charge in [-0.3, -0.25) is 0 Å². The molecule has 0 amide bonds. The maximum atomic E-state index is 6.27. The van der Waals surface area contributed by atoms with Crippen molar-refractivity contribution in [1.29, 1.82) is 0 Å². The molecule has 6 heteroatoms. The van der Waals surface area contributed by atoms with Crippen molar-refractivity contribution in [2.45, 2.75) is 5.41 Å². The summed E-state index contributed by atoms with van der Waals surface area (Å²) in [6, 6.07) is 108. The van der Waals surface area contributed by atoms with Gasteiger partial charge in [0, 0.05) is 45.3 Å². The normalized spacial score (nSPS) is 12.3. The molecular weight excluding hydrogens is 989 g/mol. The molecule has 382 valence electrons. The third-order valence-electron chi connectivity index (χ3n) is 15.8. The summed E-state index contributed by atoms with van der Waals surface area (Å²) < 4.78 is 12.5. The number of nitrogens with zero attached hydrogens (tertiary/aromatic N) is 4. The fraction of sp³-hybridized carbons (Fsp3) is 0.0133. The number of fused-ring (bicyclic) bond motifs is 5. The van der Waals surface area contributed by atoms with Crippen molar-refractivity contribution in [2.24, 2.45) is 0 Å². The summed E-state index contributed by atoms with van der Waals surface area (Å²) in [5.41, 5.74) is 22.0. The average molecular weight is 1040 g/mol. The Morgan fingerprint density at radius 1 is 0.259 bits per heavy atom. The smallest absolute Gasteiger partial charge is 0.227 e. The van der Waals surface area contributed by atoms with Crippen molar-refractivity contribution in [3.63, 3.8) is 0 Å². The first kappa shape index (κ1) is 47.4. The summed E-state index contributed by atoms with van der Waals surface area (Å²) in [7, 11) is 0. The van der Waals surface area contributed by atoms with E-state index < -0.39 is 5.41 Å². The van der Waals surface area contributed by atoms with Gasteiger partial charge < -0.3 is 18.6 Å². The van der Waals surface area contributed by atoms with Gasteiger partial charge in [0.1, 0.15) is 11.0 Å². The van der Waals surface area contributed by atoms with E-state index in [1.807, 2.05) is 48.5 Å². The number of anilines is 6. The lowest BCUT2D eigenvalue weighted by Gasteiger charge is -2.35. The summed E-state index contributed by atoms with van der Waals surface area (Å²) in [6.45, 7) is 0. The van der Waals surface area contributed by atoms with Crippen LogP contribution in [0.15, 0.2) is 312 Å². The Labute approximate surface area is 469 Å². The van der Waals surface area contributed by atoms with Crippen molar-refractivity contribution < 1.29 is 8.83 Å². The summed E-state index contributed by atoms with van der Waals surface area (Å²) in [4.78, 5) is 14.5.